The van der Waals surface area contributed by atoms with Crippen molar-refractivity contribution in [3.8, 4) is 0 Å². The first-order valence-corrected chi connectivity index (χ1v) is 12.5. The predicted molar refractivity (Wildman–Crippen MR) is 123 cm³/mol. The van der Waals surface area contributed by atoms with E-state index in [4.69, 9.17) is 0 Å². The van der Waals surface area contributed by atoms with Crippen LogP contribution in [0.4, 0.5) is 15.8 Å². The number of carbonyl (C=O) groups is 2. The van der Waals surface area contributed by atoms with Gasteiger partial charge in [-0.3, -0.25) is 13.9 Å². The van der Waals surface area contributed by atoms with Gasteiger partial charge in [-0.2, -0.15) is 0 Å². The van der Waals surface area contributed by atoms with Gasteiger partial charge in [-0.1, -0.05) is 31.4 Å². The quantitative estimate of drug-likeness (QED) is 0.658. The molecule has 2 N–H and O–H groups in total. The molecule has 1 aliphatic carbocycles. The van der Waals surface area contributed by atoms with Crippen LogP contribution in [-0.2, 0) is 14.8 Å². The van der Waals surface area contributed by atoms with Crippen molar-refractivity contribution in [1.82, 2.24) is 5.32 Å². The zero-order chi connectivity index (χ0) is 23.3. The second kappa shape index (κ2) is 10.1. The summed E-state index contributed by atoms with van der Waals surface area (Å²) in [5.41, 5.74) is 0.774. The highest BCUT2D eigenvalue weighted by atomic mass is 32.2. The summed E-state index contributed by atoms with van der Waals surface area (Å²) in [7, 11) is -3.84. The number of nitrogens with zero attached hydrogens (tertiary/aromatic N) is 1. The van der Waals surface area contributed by atoms with Gasteiger partial charge in [0.2, 0.25) is 15.9 Å². The molecule has 0 heterocycles. The molecule has 32 heavy (non-hydrogen) atoms. The highest BCUT2D eigenvalue weighted by Crippen LogP contribution is 2.24. The number of benzene rings is 2. The molecule has 3 rings (SSSR count). The van der Waals surface area contributed by atoms with Crippen LogP contribution >= 0.6 is 0 Å². The van der Waals surface area contributed by atoms with Crippen LogP contribution in [-0.4, -0.2) is 38.6 Å². The van der Waals surface area contributed by atoms with Crippen LogP contribution in [0.1, 0.15) is 49.4 Å². The van der Waals surface area contributed by atoms with Gasteiger partial charge in [0.1, 0.15) is 11.9 Å². The zero-order valence-electron chi connectivity index (χ0n) is 18.2. The number of para-hydroxylation sites is 1. The second-order valence-electron chi connectivity index (χ2n) is 8.05. The number of sulfonamides is 1. The fraction of sp³-hybridized carbons (Fsp3) is 0.391. The van der Waals surface area contributed by atoms with E-state index in [1.807, 2.05) is 0 Å². The smallest absolute Gasteiger partial charge is 0.253 e. The number of hydrogen-bond acceptors (Lipinski definition) is 4. The van der Waals surface area contributed by atoms with E-state index in [2.05, 4.69) is 10.6 Å². The maximum atomic E-state index is 13.3. The lowest BCUT2D eigenvalue weighted by atomic mass is 9.95. The van der Waals surface area contributed by atoms with Crippen molar-refractivity contribution >= 4 is 33.2 Å². The summed E-state index contributed by atoms with van der Waals surface area (Å²) >= 11 is 0. The Morgan fingerprint density at radius 1 is 1.03 bits per heavy atom. The van der Waals surface area contributed by atoms with Crippen molar-refractivity contribution in [2.45, 2.75) is 51.1 Å². The Hall–Kier alpha value is -2.94. The Kier molecular flexibility index (Phi) is 7.50. The molecule has 1 fully saturated rings. The molecule has 1 aliphatic rings. The van der Waals surface area contributed by atoms with Gasteiger partial charge in [0.25, 0.3) is 5.91 Å². The number of hydrogen-bond donors (Lipinski definition) is 2. The number of anilines is 2. The fourth-order valence-corrected chi connectivity index (χ4v) is 5.11. The average molecular weight is 462 g/mol. The van der Waals surface area contributed by atoms with Crippen LogP contribution in [0, 0.1) is 5.82 Å². The molecule has 0 aliphatic heterocycles. The summed E-state index contributed by atoms with van der Waals surface area (Å²) in [5.74, 6) is -1.41. The monoisotopic (exact) mass is 461 g/mol. The summed E-state index contributed by atoms with van der Waals surface area (Å²) in [5, 5.41) is 5.71. The summed E-state index contributed by atoms with van der Waals surface area (Å²) in [6, 6.07) is 10.4. The van der Waals surface area contributed by atoms with Gasteiger partial charge < -0.3 is 10.6 Å². The van der Waals surface area contributed by atoms with E-state index in [-0.39, 0.29) is 17.6 Å². The molecule has 0 saturated heterocycles. The third-order valence-corrected chi connectivity index (χ3v) is 6.78. The largest absolute Gasteiger partial charge is 0.349 e. The predicted octanol–water partition coefficient (Wildman–Crippen LogP) is 3.68. The number of amides is 2. The fourth-order valence-electron chi connectivity index (χ4n) is 3.93. The maximum Gasteiger partial charge on any atom is 0.253 e. The van der Waals surface area contributed by atoms with Crippen LogP contribution in [0.2, 0.25) is 0 Å². The highest BCUT2D eigenvalue weighted by Gasteiger charge is 2.30. The van der Waals surface area contributed by atoms with Gasteiger partial charge in [0, 0.05) is 6.04 Å². The van der Waals surface area contributed by atoms with E-state index in [9.17, 15) is 22.4 Å². The number of rotatable bonds is 7. The Morgan fingerprint density at radius 3 is 2.28 bits per heavy atom. The summed E-state index contributed by atoms with van der Waals surface area (Å²) in [6.45, 7) is 1.43. The molecule has 2 amide bonds. The van der Waals surface area contributed by atoms with E-state index in [1.54, 1.807) is 24.3 Å². The first-order chi connectivity index (χ1) is 15.2. The minimum atomic E-state index is -3.84. The molecule has 1 saturated carbocycles. The lowest BCUT2D eigenvalue weighted by Gasteiger charge is -2.28. The van der Waals surface area contributed by atoms with Gasteiger partial charge in [-0.05, 0) is 56.2 Å². The summed E-state index contributed by atoms with van der Waals surface area (Å²) in [4.78, 5) is 25.8. The zero-order valence-corrected chi connectivity index (χ0v) is 19.0. The molecular formula is C23H28FN3O4S. The average Bonchev–Trinajstić information content (AvgIpc) is 2.75. The molecule has 2 aromatic carbocycles. The van der Waals surface area contributed by atoms with Crippen LogP contribution in [0.25, 0.3) is 0 Å². The van der Waals surface area contributed by atoms with Gasteiger partial charge in [0.15, 0.2) is 0 Å². The van der Waals surface area contributed by atoms with E-state index in [0.717, 1.165) is 48.4 Å². The SMILES string of the molecule is CC(C(=O)Nc1ccccc1C(=O)NC1CCCCC1)N(c1ccc(F)cc1)S(C)(=O)=O. The van der Waals surface area contributed by atoms with Gasteiger partial charge in [0.05, 0.1) is 23.2 Å². The van der Waals surface area contributed by atoms with E-state index < -0.39 is 27.8 Å². The Balaban J connectivity index is 1.79. The van der Waals surface area contributed by atoms with Crippen LogP contribution in [0.3, 0.4) is 0 Å². The first-order valence-electron chi connectivity index (χ1n) is 10.6. The van der Waals surface area contributed by atoms with Crippen LogP contribution < -0.4 is 14.9 Å². The van der Waals surface area contributed by atoms with E-state index in [1.165, 1.54) is 25.5 Å². The number of halogens is 1. The molecule has 0 spiro atoms. The van der Waals surface area contributed by atoms with Crippen LogP contribution in [0.5, 0.6) is 0 Å². The molecule has 0 aromatic heterocycles. The van der Waals surface area contributed by atoms with E-state index >= 15 is 0 Å². The molecule has 7 nitrogen and oxygen atoms in total. The van der Waals surface area contributed by atoms with Crippen molar-refractivity contribution in [1.29, 1.82) is 0 Å². The van der Waals surface area contributed by atoms with Crippen molar-refractivity contribution < 1.29 is 22.4 Å². The molecule has 172 valence electrons. The van der Waals surface area contributed by atoms with Crippen LogP contribution in [0.15, 0.2) is 48.5 Å². The summed E-state index contributed by atoms with van der Waals surface area (Å²) < 4.78 is 39.0. The Labute approximate surface area is 188 Å². The molecule has 0 bridgehead atoms. The van der Waals surface area contributed by atoms with Crippen molar-refractivity contribution in [2.75, 3.05) is 15.9 Å². The molecule has 0 radical (unpaired) electrons. The Morgan fingerprint density at radius 2 is 1.66 bits per heavy atom. The standard InChI is InChI=1S/C23H28FN3O4S/c1-16(27(32(2,30)31)19-14-12-17(24)13-15-19)22(28)26-21-11-7-6-10-20(21)23(29)25-18-8-4-3-5-9-18/h6-7,10-16,18H,3-5,8-9H2,1-2H3,(H,25,29)(H,26,28). The molecule has 1 atom stereocenters. The first kappa shape index (κ1) is 23.7. The highest BCUT2D eigenvalue weighted by molar-refractivity contribution is 7.92. The minimum absolute atomic E-state index is 0.109. The third-order valence-electron chi connectivity index (χ3n) is 5.54. The van der Waals surface area contributed by atoms with Gasteiger partial charge >= 0.3 is 0 Å². The molecule has 2 aromatic rings. The normalized spacial score (nSPS) is 15.6. The van der Waals surface area contributed by atoms with E-state index in [0.29, 0.717) is 11.3 Å². The minimum Gasteiger partial charge on any atom is -0.349 e. The maximum absolute atomic E-state index is 13.3. The summed E-state index contributed by atoms with van der Waals surface area (Å²) in [6.07, 6.45) is 6.15. The van der Waals surface area contributed by atoms with Gasteiger partial charge in [-0.25, -0.2) is 12.8 Å². The second-order valence-corrected chi connectivity index (χ2v) is 9.91. The lowest BCUT2D eigenvalue weighted by Crippen LogP contribution is -2.45. The van der Waals surface area contributed by atoms with Crippen molar-refractivity contribution in [3.05, 3.63) is 59.9 Å². The Bertz CT molecular complexity index is 1070. The molecule has 9 heteroatoms. The van der Waals surface area contributed by atoms with Gasteiger partial charge in [-0.15, -0.1) is 0 Å². The molecular weight excluding hydrogens is 433 g/mol. The lowest BCUT2D eigenvalue weighted by molar-refractivity contribution is -0.116. The van der Waals surface area contributed by atoms with Crippen molar-refractivity contribution in [2.24, 2.45) is 0 Å². The molecule has 1 unspecified atom stereocenters. The number of carbonyl (C=O) groups excluding carboxylic acids is 2. The van der Waals surface area contributed by atoms with Crippen molar-refractivity contribution in [3.63, 3.8) is 0 Å². The topological polar surface area (TPSA) is 95.6 Å². The third kappa shape index (κ3) is 5.85. The number of nitrogens with one attached hydrogen (secondary N) is 2.